The third-order valence-corrected chi connectivity index (χ3v) is 3.90. The minimum absolute atomic E-state index is 0.151. The molecule has 0 saturated heterocycles. The zero-order valence-corrected chi connectivity index (χ0v) is 11.3. The van der Waals surface area contributed by atoms with Crippen LogP contribution in [0.25, 0.3) is 0 Å². The number of rotatable bonds is 3. The Morgan fingerprint density at radius 2 is 2.00 bits per heavy atom. The van der Waals surface area contributed by atoms with Crippen molar-refractivity contribution >= 4 is 15.8 Å². The van der Waals surface area contributed by atoms with Crippen molar-refractivity contribution in [1.82, 2.24) is 10.2 Å². The Kier molecular flexibility index (Phi) is 3.80. The molecule has 2 rings (SSSR count). The number of nitrogens with zero attached hydrogens (tertiary/aromatic N) is 2. The van der Waals surface area contributed by atoms with Crippen LogP contribution in [0.2, 0.25) is 0 Å². The number of nitrogens with one attached hydrogen (secondary N) is 2. The van der Waals surface area contributed by atoms with Crippen molar-refractivity contribution in [2.45, 2.75) is 11.1 Å². The van der Waals surface area contributed by atoms with Crippen molar-refractivity contribution in [2.75, 3.05) is 4.72 Å². The van der Waals surface area contributed by atoms with Crippen LogP contribution >= 0.6 is 0 Å². The van der Waals surface area contributed by atoms with Gasteiger partial charge in [-0.1, -0.05) is 0 Å². The van der Waals surface area contributed by atoms with E-state index in [4.69, 9.17) is 5.26 Å². The van der Waals surface area contributed by atoms with Crippen molar-refractivity contribution < 1.29 is 26.0 Å². The minimum atomic E-state index is -5.04. The molecule has 6 nitrogen and oxygen atoms in total. The first kappa shape index (κ1) is 15.8. The fraction of sp³-hybridized carbons (Fsp3) is 0.0909. The van der Waals surface area contributed by atoms with Gasteiger partial charge in [-0.05, 0) is 18.2 Å². The normalized spacial score (nSPS) is 12.0. The standard InChI is InChI=1S/C11H6F4N4O2S/c12-9-2-1-7(3-8(9)11(13,14)15)22(20,21)19-10-6(4-16)5-17-18-10/h1-3,5H,(H2,17,18,19). The first-order valence-electron chi connectivity index (χ1n) is 5.48. The molecule has 116 valence electrons. The number of sulfonamides is 1. The summed E-state index contributed by atoms with van der Waals surface area (Å²) in [5.74, 6) is -1.90. The van der Waals surface area contributed by atoms with Crippen molar-refractivity contribution in [2.24, 2.45) is 0 Å². The highest BCUT2D eigenvalue weighted by Crippen LogP contribution is 2.33. The second-order valence-corrected chi connectivity index (χ2v) is 5.70. The maximum absolute atomic E-state index is 13.2. The number of hydrogen-bond acceptors (Lipinski definition) is 4. The van der Waals surface area contributed by atoms with Crippen molar-refractivity contribution in [3.05, 3.63) is 41.3 Å². The maximum Gasteiger partial charge on any atom is 0.419 e. The van der Waals surface area contributed by atoms with E-state index >= 15 is 0 Å². The molecule has 0 fully saturated rings. The van der Waals surface area contributed by atoms with E-state index in [1.54, 1.807) is 6.07 Å². The Balaban J connectivity index is 2.45. The number of H-pyrrole nitrogens is 1. The molecule has 0 aliphatic rings. The molecule has 0 spiro atoms. The summed E-state index contributed by atoms with van der Waals surface area (Å²) in [5.41, 5.74) is -1.86. The van der Waals surface area contributed by atoms with E-state index in [0.717, 1.165) is 6.20 Å². The first-order chi connectivity index (χ1) is 10.1. The first-order valence-corrected chi connectivity index (χ1v) is 6.96. The molecule has 2 aromatic rings. The van der Waals surface area contributed by atoms with Crippen LogP contribution in [-0.2, 0) is 16.2 Å². The number of aromatic nitrogens is 2. The highest BCUT2D eigenvalue weighted by molar-refractivity contribution is 7.92. The van der Waals surface area contributed by atoms with E-state index < -0.39 is 32.5 Å². The van der Waals surface area contributed by atoms with Crippen LogP contribution in [0.5, 0.6) is 0 Å². The second kappa shape index (κ2) is 5.30. The number of halogens is 4. The average Bonchev–Trinajstić information content (AvgIpc) is 2.84. The minimum Gasteiger partial charge on any atom is -0.263 e. The lowest BCUT2D eigenvalue weighted by atomic mass is 10.2. The van der Waals surface area contributed by atoms with Crippen molar-refractivity contribution in [3.8, 4) is 6.07 Å². The molecule has 11 heteroatoms. The van der Waals surface area contributed by atoms with E-state index in [2.05, 4.69) is 10.2 Å². The van der Waals surface area contributed by atoms with E-state index in [-0.39, 0.29) is 17.4 Å². The number of benzene rings is 1. The number of anilines is 1. The van der Waals surface area contributed by atoms with Crippen LogP contribution in [0.4, 0.5) is 23.4 Å². The smallest absolute Gasteiger partial charge is 0.263 e. The molecule has 0 bridgehead atoms. The van der Waals surface area contributed by atoms with E-state index in [0.29, 0.717) is 12.1 Å². The van der Waals surface area contributed by atoms with Crippen molar-refractivity contribution in [3.63, 3.8) is 0 Å². The molecular formula is C11H6F4N4O2S. The maximum atomic E-state index is 13.2. The molecule has 0 radical (unpaired) electrons. The van der Waals surface area contributed by atoms with Gasteiger partial charge in [-0.15, -0.1) is 0 Å². The van der Waals surface area contributed by atoms with Gasteiger partial charge in [0.2, 0.25) is 0 Å². The van der Waals surface area contributed by atoms with Gasteiger partial charge in [-0.2, -0.15) is 23.5 Å². The van der Waals surface area contributed by atoms with Crippen LogP contribution in [0.3, 0.4) is 0 Å². The molecule has 2 N–H and O–H groups in total. The van der Waals surface area contributed by atoms with E-state index in [1.165, 1.54) is 0 Å². The summed E-state index contributed by atoms with van der Waals surface area (Å²) in [5, 5.41) is 14.3. The summed E-state index contributed by atoms with van der Waals surface area (Å²) in [6.07, 6.45) is -4.01. The molecule has 0 aliphatic carbocycles. The zero-order chi connectivity index (χ0) is 16.5. The largest absolute Gasteiger partial charge is 0.419 e. The Hall–Kier alpha value is -2.61. The third-order valence-electron chi connectivity index (χ3n) is 2.55. The Morgan fingerprint density at radius 3 is 2.59 bits per heavy atom. The Labute approximate surface area is 121 Å². The van der Waals surface area contributed by atoms with Crippen LogP contribution < -0.4 is 4.72 Å². The highest BCUT2D eigenvalue weighted by atomic mass is 32.2. The number of alkyl halides is 3. The van der Waals surface area contributed by atoms with Gasteiger partial charge < -0.3 is 0 Å². The molecule has 22 heavy (non-hydrogen) atoms. The predicted octanol–water partition coefficient (Wildman–Crippen LogP) is 2.24. The second-order valence-electron chi connectivity index (χ2n) is 4.02. The lowest BCUT2D eigenvalue weighted by Gasteiger charge is -2.11. The van der Waals surface area contributed by atoms with Crippen LogP contribution in [0, 0.1) is 17.1 Å². The third kappa shape index (κ3) is 3.01. The molecule has 0 atom stereocenters. The molecule has 1 aromatic carbocycles. The topological polar surface area (TPSA) is 98.6 Å². The number of nitriles is 1. The fourth-order valence-corrected chi connectivity index (χ4v) is 2.59. The lowest BCUT2D eigenvalue weighted by molar-refractivity contribution is -0.140. The van der Waals surface area contributed by atoms with Gasteiger partial charge in [0.25, 0.3) is 10.0 Å². The summed E-state index contributed by atoms with van der Waals surface area (Å²) in [4.78, 5) is -0.806. The Morgan fingerprint density at radius 1 is 1.32 bits per heavy atom. The Bertz CT molecular complexity index is 852. The SMILES string of the molecule is N#Cc1cn[nH]c1NS(=O)(=O)c1ccc(F)c(C(F)(F)F)c1. The monoisotopic (exact) mass is 334 g/mol. The predicted molar refractivity (Wildman–Crippen MR) is 65.5 cm³/mol. The van der Waals surface area contributed by atoms with Crippen LogP contribution in [0.15, 0.2) is 29.3 Å². The van der Waals surface area contributed by atoms with Crippen LogP contribution in [0.1, 0.15) is 11.1 Å². The molecular weight excluding hydrogens is 328 g/mol. The van der Waals surface area contributed by atoms with Gasteiger partial charge in [0.15, 0.2) is 5.82 Å². The van der Waals surface area contributed by atoms with Gasteiger partial charge in [0.1, 0.15) is 17.4 Å². The highest BCUT2D eigenvalue weighted by Gasteiger charge is 2.35. The van der Waals surface area contributed by atoms with Crippen molar-refractivity contribution in [1.29, 1.82) is 5.26 Å². The summed E-state index contributed by atoms with van der Waals surface area (Å²) >= 11 is 0. The molecule has 1 aromatic heterocycles. The number of hydrogen-bond donors (Lipinski definition) is 2. The van der Waals surface area contributed by atoms with Gasteiger partial charge in [-0.25, -0.2) is 12.8 Å². The quantitative estimate of drug-likeness (QED) is 0.841. The summed E-state index contributed by atoms with van der Waals surface area (Å²) in [6.45, 7) is 0. The molecule has 1 heterocycles. The zero-order valence-electron chi connectivity index (χ0n) is 10.4. The van der Waals surface area contributed by atoms with Crippen LogP contribution in [-0.4, -0.2) is 18.6 Å². The van der Waals surface area contributed by atoms with Gasteiger partial charge in [0.05, 0.1) is 16.7 Å². The molecule has 0 amide bonds. The van der Waals surface area contributed by atoms with E-state index in [9.17, 15) is 26.0 Å². The number of aromatic amines is 1. The lowest BCUT2D eigenvalue weighted by Crippen LogP contribution is -2.16. The van der Waals surface area contributed by atoms with Gasteiger partial charge >= 0.3 is 6.18 Å². The summed E-state index contributed by atoms with van der Waals surface area (Å²) in [6, 6.07) is 2.87. The average molecular weight is 334 g/mol. The molecule has 0 aliphatic heterocycles. The summed E-state index contributed by atoms with van der Waals surface area (Å²) < 4.78 is 76.8. The van der Waals surface area contributed by atoms with Gasteiger partial charge in [-0.3, -0.25) is 9.82 Å². The molecule has 0 saturated carbocycles. The van der Waals surface area contributed by atoms with Gasteiger partial charge in [0, 0.05) is 0 Å². The molecule has 0 unspecified atom stereocenters. The summed E-state index contributed by atoms with van der Waals surface area (Å²) in [7, 11) is -4.45. The fourth-order valence-electron chi connectivity index (χ4n) is 1.53. The van der Waals surface area contributed by atoms with E-state index in [1.807, 2.05) is 4.72 Å².